The van der Waals surface area contributed by atoms with Crippen LogP contribution >= 0.6 is 11.3 Å². The molecule has 1 saturated heterocycles. The average Bonchev–Trinajstić information content (AvgIpc) is 3.30. The fourth-order valence-electron chi connectivity index (χ4n) is 4.15. The summed E-state index contributed by atoms with van der Waals surface area (Å²) in [4.78, 5) is 8.20. The molecule has 138 valence electrons. The topological polar surface area (TPSA) is 76.2 Å². The molecule has 8 nitrogen and oxygen atoms in total. The van der Waals surface area contributed by atoms with Crippen molar-refractivity contribution in [1.82, 2.24) is 39.6 Å². The predicted molar refractivity (Wildman–Crippen MR) is 99.3 cm³/mol. The van der Waals surface area contributed by atoms with E-state index in [0.29, 0.717) is 5.92 Å². The van der Waals surface area contributed by atoms with Crippen molar-refractivity contribution >= 4 is 16.3 Å². The Kier molecular flexibility index (Phi) is 4.02. The lowest BCUT2D eigenvalue weighted by Gasteiger charge is -2.31. The van der Waals surface area contributed by atoms with E-state index in [0.717, 1.165) is 73.6 Å². The lowest BCUT2D eigenvalue weighted by atomic mass is 9.95. The SMILES string of the molecule is Cc1nn2c(CN3CCC(c4nnc5n4CCNC5)CC3)c(C)nc2s1. The van der Waals surface area contributed by atoms with Crippen LogP contribution in [-0.4, -0.2) is 53.9 Å². The van der Waals surface area contributed by atoms with E-state index < -0.39 is 0 Å². The minimum atomic E-state index is 0.527. The molecule has 0 unspecified atom stereocenters. The maximum absolute atomic E-state index is 4.67. The number of likely N-dealkylation sites (tertiary alicyclic amines) is 1. The van der Waals surface area contributed by atoms with Crippen LogP contribution in [0.25, 0.3) is 4.96 Å². The Labute approximate surface area is 156 Å². The van der Waals surface area contributed by atoms with Gasteiger partial charge in [0.15, 0.2) is 0 Å². The number of aromatic nitrogens is 6. The molecular weight excluding hydrogens is 348 g/mol. The molecule has 0 aromatic carbocycles. The van der Waals surface area contributed by atoms with E-state index in [-0.39, 0.29) is 0 Å². The van der Waals surface area contributed by atoms with Gasteiger partial charge in [-0.05, 0) is 39.8 Å². The Balaban J connectivity index is 1.28. The summed E-state index contributed by atoms with van der Waals surface area (Å²) in [5, 5.41) is 17.9. The first-order chi connectivity index (χ1) is 12.7. The number of rotatable bonds is 3. The fraction of sp³-hybridized carbons (Fsp3) is 0.647. The molecule has 1 N–H and O–H groups in total. The Morgan fingerprint density at radius 2 is 2.00 bits per heavy atom. The van der Waals surface area contributed by atoms with Crippen LogP contribution in [-0.2, 0) is 19.6 Å². The first-order valence-electron chi connectivity index (χ1n) is 9.36. The summed E-state index contributed by atoms with van der Waals surface area (Å²) in [6, 6.07) is 0. The zero-order valence-electron chi connectivity index (χ0n) is 15.3. The normalized spacial score (nSPS) is 19.3. The van der Waals surface area contributed by atoms with Gasteiger partial charge >= 0.3 is 0 Å². The van der Waals surface area contributed by atoms with Crippen LogP contribution in [0.5, 0.6) is 0 Å². The van der Waals surface area contributed by atoms with Gasteiger partial charge in [-0.1, -0.05) is 11.3 Å². The first-order valence-corrected chi connectivity index (χ1v) is 10.2. The van der Waals surface area contributed by atoms with Gasteiger partial charge in [-0.25, -0.2) is 9.50 Å². The molecule has 3 aromatic heterocycles. The summed E-state index contributed by atoms with van der Waals surface area (Å²) in [5.74, 6) is 2.81. The number of aryl methyl sites for hydroxylation is 2. The molecule has 0 radical (unpaired) electrons. The van der Waals surface area contributed by atoms with Gasteiger partial charge in [-0.15, -0.1) is 10.2 Å². The van der Waals surface area contributed by atoms with Crippen molar-refractivity contribution in [3.8, 4) is 0 Å². The maximum Gasteiger partial charge on any atom is 0.212 e. The molecule has 5 heterocycles. The van der Waals surface area contributed by atoms with Crippen LogP contribution in [0.15, 0.2) is 0 Å². The second-order valence-corrected chi connectivity index (χ2v) is 8.47. The Hall–Kier alpha value is -1.84. The molecule has 2 aliphatic rings. The van der Waals surface area contributed by atoms with Crippen molar-refractivity contribution in [1.29, 1.82) is 0 Å². The average molecular weight is 373 g/mol. The van der Waals surface area contributed by atoms with Crippen molar-refractivity contribution in [3.63, 3.8) is 0 Å². The third-order valence-corrected chi connectivity index (χ3v) is 6.40. The predicted octanol–water partition coefficient (Wildman–Crippen LogP) is 1.48. The van der Waals surface area contributed by atoms with Crippen molar-refractivity contribution in [3.05, 3.63) is 28.0 Å². The van der Waals surface area contributed by atoms with Gasteiger partial charge in [0.25, 0.3) is 0 Å². The first kappa shape index (κ1) is 16.3. The number of hydrogen-bond acceptors (Lipinski definition) is 7. The van der Waals surface area contributed by atoms with Gasteiger partial charge in [0.1, 0.15) is 16.7 Å². The number of nitrogens with zero attached hydrogens (tertiary/aromatic N) is 7. The molecule has 9 heteroatoms. The largest absolute Gasteiger partial charge is 0.312 e. The maximum atomic E-state index is 4.67. The lowest BCUT2D eigenvalue weighted by Crippen LogP contribution is -2.35. The number of imidazole rings is 1. The van der Waals surface area contributed by atoms with Gasteiger partial charge in [0.2, 0.25) is 4.96 Å². The van der Waals surface area contributed by atoms with E-state index in [4.69, 9.17) is 0 Å². The molecule has 26 heavy (non-hydrogen) atoms. The minimum Gasteiger partial charge on any atom is -0.312 e. The zero-order chi connectivity index (χ0) is 17.7. The summed E-state index contributed by atoms with van der Waals surface area (Å²) in [7, 11) is 0. The quantitative estimate of drug-likeness (QED) is 0.751. The van der Waals surface area contributed by atoms with Crippen LogP contribution in [0.1, 0.15) is 46.8 Å². The van der Waals surface area contributed by atoms with Crippen LogP contribution < -0.4 is 5.32 Å². The molecule has 2 aliphatic heterocycles. The summed E-state index contributed by atoms with van der Waals surface area (Å²) in [6.07, 6.45) is 2.28. The second kappa shape index (κ2) is 6.40. The van der Waals surface area contributed by atoms with Crippen LogP contribution in [0.3, 0.4) is 0 Å². The van der Waals surface area contributed by atoms with Gasteiger partial charge in [0, 0.05) is 25.6 Å². The van der Waals surface area contributed by atoms with Crippen LogP contribution in [0.2, 0.25) is 0 Å². The van der Waals surface area contributed by atoms with Crippen molar-refractivity contribution in [2.24, 2.45) is 0 Å². The van der Waals surface area contributed by atoms with Crippen molar-refractivity contribution < 1.29 is 0 Å². The van der Waals surface area contributed by atoms with Crippen molar-refractivity contribution in [2.75, 3.05) is 19.6 Å². The molecule has 0 atom stereocenters. The number of piperidine rings is 1. The molecular formula is C17H24N8S. The van der Waals surface area contributed by atoms with E-state index >= 15 is 0 Å². The highest BCUT2D eigenvalue weighted by atomic mass is 32.1. The number of nitrogens with one attached hydrogen (secondary N) is 1. The molecule has 3 aromatic rings. The molecule has 0 aliphatic carbocycles. The van der Waals surface area contributed by atoms with Gasteiger partial charge in [0.05, 0.1) is 17.9 Å². The summed E-state index contributed by atoms with van der Waals surface area (Å²) < 4.78 is 4.36. The Bertz CT molecular complexity index is 930. The molecule has 1 fully saturated rings. The monoisotopic (exact) mass is 372 g/mol. The van der Waals surface area contributed by atoms with Gasteiger partial charge in [-0.2, -0.15) is 5.10 Å². The molecule has 0 saturated carbocycles. The van der Waals surface area contributed by atoms with Gasteiger partial charge < -0.3 is 9.88 Å². The zero-order valence-corrected chi connectivity index (χ0v) is 16.1. The minimum absolute atomic E-state index is 0.527. The van der Waals surface area contributed by atoms with Crippen LogP contribution in [0, 0.1) is 13.8 Å². The van der Waals surface area contributed by atoms with Crippen molar-refractivity contribution in [2.45, 2.75) is 52.2 Å². The lowest BCUT2D eigenvalue weighted by molar-refractivity contribution is 0.196. The van der Waals surface area contributed by atoms with E-state index in [9.17, 15) is 0 Å². The number of fused-ring (bicyclic) bond motifs is 2. The highest BCUT2D eigenvalue weighted by molar-refractivity contribution is 7.16. The van der Waals surface area contributed by atoms with E-state index in [2.05, 4.69) is 42.0 Å². The second-order valence-electron chi connectivity index (χ2n) is 7.31. The van der Waals surface area contributed by atoms with E-state index in [1.54, 1.807) is 11.3 Å². The smallest absolute Gasteiger partial charge is 0.212 e. The van der Waals surface area contributed by atoms with Crippen LogP contribution in [0.4, 0.5) is 0 Å². The molecule has 0 bridgehead atoms. The highest BCUT2D eigenvalue weighted by Crippen LogP contribution is 2.29. The molecule has 0 spiro atoms. The van der Waals surface area contributed by atoms with E-state index in [1.165, 1.54) is 11.5 Å². The van der Waals surface area contributed by atoms with E-state index in [1.807, 2.05) is 11.4 Å². The third-order valence-electron chi connectivity index (χ3n) is 5.58. The van der Waals surface area contributed by atoms with Gasteiger partial charge in [-0.3, -0.25) is 4.90 Å². The summed E-state index contributed by atoms with van der Waals surface area (Å²) >= 11 is 1.66. The summed E-state index contributed by atoms with van der Waals surface area (Å²) in [5.41, 5.74) is 2.33. The Morgan fingerprint density at radius 3 is 2.85 bits per heavy atom. The molecule has 0 amide bonds. The third kappa shape index (κ3) is 2.74. The Morgan fingerprint density at radius 1 is 1.15 bits per heavy atom. The highest BCUT2D eigenvalue weighted by Gasteiger charge is 2.28. The standard InChI is InChI=1S/C17H24N8S/c1-11-14(25-17(19-11)26-12(2)22-25)10-23-6-3-13(4-7-23)16-21-20-15-9-18-5-8-24(15)16/h13,18H,3-10H2,1-2H3. The number of hydrogen-bond donors (Lipinski definition) is 1. The fourth-order valence-corrected chi connectivity index (χ4v) is 4.95. The molecule has 5 rings (SSSR count). The summed E-state index contributed by atoms with van der Waals surface area (Å²) in [6.45, 7) is 10.1.